The van der Waals surface area contributed by atoms with Crippen molar-refractivity contribution >= 4 is 29.5 Å². The normalized spacial score (nSPS) is 47.6. The number of alkyl halides is 1. The molecule has 7 heteroatoms. The molecule has 0 saturated heterocycles. The Labute approximate surface area is 202 Å². The number of hydrogen-bond acceptors (Lipinski definition) is 6. The Morgan fingerprint density at radius 2 is 1.36 bits per heavy atom. The molecule has 186 valence electrons. The van der Waals surface area contributed by atoms with Gasteiger partial charge in [0, 0.05) is 42.4 Å². The minimum atomic E-state index is -0.588. The molecule has 4 aliphatic rings. The summed E-state index contributed by atoms with van der Waals surface area (Å²) in [5.41, 5.74) is -1.08. The van der Waals surface area contributed by atoms with Gasteiger partial charge in [-0.3, -0.25) is 14.4 Å². The van der Waals surface area contributed by atoms with Crippen LogP contribution in [-0.4, -0.2) is 41.6 Å². The predicted octanol–water partition coefficient (Wildman–Crippen LogP) is 5.04. The summed E-state index contributed by atoms with van der Waals surface area (Å²) in [6.07, 6.45) is 3.72. The van der Waals surface area contributed by atoms with Crippen molar-refractivity contribution < 1.29 is 28.6 Å². The lowest BCUT2D eigenvalue weighted by molar-refractivity contribution is -0.231. The molecule has 2 bridgehead atoms. The predicted molar refractivity (Wildman–Crippen MR) is 123 cm³/mol. The summed E-state index contributed by atoms with van der Waals surface area (Å²) in [7, 11) is 0. The Kier molecular flexibility index (Phi) is 5.91. The lowest BCUT2D eigenvalue weighted by Gasteiger charge is -2.66. The highest BCUT2D eigenvalue weighted by atomic mass is 35.5. The van der Waals surface area contributed by atoms with Crippen LogP contribution < -0.4 is 0 Å². The summed E-state index contributed by atoms with van der Waals surface area (Å²) in [5, 5.41) is -0.251. The number of esters is 3. The molecule has 0 aromatic heterocycles. The molecule has 4 rings (SSSR count). The maximum atomic E-state index is 12.3. The SMILES string of the molecule is CC(=O)O[C@@H]1[C@@H](OC(C)=O)[C@]2(C)C[C@]13CCC1C(C)(C)CC[C@H](OC(C)=O)[C@@]1(C)C3C[C@H]2Cl. The fourth-order valence-corrected chi connectivity index (χ4v) is 9.29. The summed E-state index contributed by atoms with van der Waals surface area (Å²) < 4.78 is 17.9. The van der Waals surface area contributed by atoms with Crippen molar-refractivity contribution in [2.24, 2.45) is 33.5 Å². The molecule has 0 aliphatic heterocycles. The highest BCUT2D eigenvalue weighted by Crippen LogP contribution is 2.75. The van der Waals surface area contributed by atoms with Gasteiger partial charge in [0.15, 0.2) is 0 Å². The monoisotopic (exact) mass is 482 g/mol. The first-order valence-corrected chi connectivity index (χ1v) is 12.8. The van der Waals surface area contributed by atoms with Gasteiger partial charge in [0.25, 0.3) is 0 Å². The number of carbonyl (C=O) groups excluding carboxylic acids is 3. The van der Waals surface area contributed by atoms with Gasteiger partial charge in [-0.1, -0.05) is 27.7 Å². The second-order valence-electron chi connectivity index (χ2n) is 12.3. The van der Waals surface area contributed by atoms with E-state index < -0.39 is 17.6 Å². The van der Waals surface area contributed by atoms with E-state index in [-0.39, 0.29) is 51.6 Å². The van der Waals surface area contributed by atoms with Gasteiger partial charge < -0.3 is 14.2 Å². The third-order valence-electron chi connectivity index (χ3n) is 10.0. The molecule has 6 nitrogen and oxygen atoms in total. The largest absolute Gasteiger partial charge is 0.462 e. The number of carbonyl (C=O) groups is 3. The second-order valence-corrected chi connectivity index (χ2v) is 12.8. The van der Waals surface area contributed by atoms with Crippen LogP contribution in [0.3, 0.4) is 0 Å². The van der Waals surface area contributed by atoms with Gasteiger partial charge in [-0.15, -0.1) is 11.6 Å². The van der Waals surface area contributed by atoms with E-state index in [1.807, 2.05) is 0 Å². The molecule has 0 heterocycles. The van der Waals surface area contributed by atoms with Crippen molar-refractivity contribution in [1.82, 2.24) is 0 Å². The molecule has 33 heavy (non-hydrogen) atoms. The summed E-state index contributed by atoms with van der Waals surface area (Å²) in [6.45, 7) is 13.3. The van der Waals surface area contributed by atoms with Gasteiger partial charge in [0.05, 0.1) is 0 Å². The summed E-state index contributed by atoms with van der Waals surface area (Å²) in [6, 6.07) is 0. The third kappa shape index (κ3) is 3.52. The Morgan fingerprint density at radius 3 is 1.94 bits per heavy atom. The highest BCUT2D eigenvalue weighted by molar-refractivity contribution is 6.21. The van der Waals surface area contributed by atoms with E-state index in [2.05, 4.69) is 27.7 Å². The number of rotatable bonds is 3. The molecule has 1 spiro atoms. The second kappa shape index (κ2) is 7.86. The summed E-state index contributed by atoms with van der Waals surface area (Å²) in [4.78, 5) is 36.5. The Morgan fingerprint density at radius 1 is 0.788 bits per heavy atom. The zero-order valence-corrected chi connectivity index (χ0v) is 21.8. The first kappa shape index (κ1) is 24.8. The maximum absolute atomic E-state index is 12.3. The van der Waals surface area contributed by atoms with E-state index in [0.29, 0.717) is 12.3 Å². The minimum Gasteiger partial charge on any atom is -0.462 e. The van der Waals surface area contributed by atoms with Crippen molar-refractivity contribution in [3.8, 4) is 0 Å². The van der Waals surface area contributed by atoms with Crippen LogP contribution in [0.2, 0.25) is 0 Å². The Balaban J connectivity index is 1.87. The lowest BCUT2D eigenvalue weighted by Crippen LogP contribution is -2.65. The van der Waals surface area contributed by atoms with E-state index >= 15 is 0 Å². The zero-order chi connectivity index (χ0) is 24.6. The topological polar surface area (TPSA) is 78.9 Å². The average Bonchev–Trinajstić information content (AvgIpc) is 2.86. The highest BCUT2D eigenvalue weighted by Gasteiger charge is 2.76. The maximum Gasteiger partial charge on any atom is 0.303 e. The molecule has 0 radical (unpaired) electrons. The van der Waals surface area contributed by atoms with E-state index in [9.17, 15) is 14.4 Å². The molecule has 0 N–H and O–H groups in total. The molecule has 4 aliphatic carbocycles. The van der Waals surface area contributed by atoms with Crippen LogP contribution in [-0.2, 0) is 28.6 Å². The first-order valence-electron chi connectivity index (χ1n) is 12.3. The molecular weight excluding hydrogens is 444 g/mol. The van der Waals surface area contributed by atoms with E-state index in [4.69, 9.17) is 25.8 Å². The number of hydrogen-bond donors (Lipinski definition) is 0. The molecule has 4 saturated carbocycles. The molecule has 0 aromatic rings. The Bertz CT molecular complexity index is 856. The quantitative estimate of drug-likeness (QED) is 0.318. The molecule has 2 unspecified atom stereocenters. The van der Waals surface area contributed by atoms with Crippen LogP contribution >= 0.6 is 11.6 Å². The van der Waals surface area contributed by atoms with Crippen LogP contribution in [0.4, 0.5) is 0 Å². The van der Waals surface area contributed by atoms with Gasteiger partial charge in [-0.2, -0.15) is 0 Å². The molecule has 0 amide bonds. The van der Waals surface area contributed by atoms with E-state index in [1.165, 1.54) is 20.8 Å². The fourth-order valence-electron chi connectivity index (χ4n) is 8.91. The van der Waals surface area contributed by atoms with Crippen LogP contribution in [0, 0.1) is 33.5 Å². The standard InChI is InChI=1S/C26H39ClO6/c1-14(28)31-20-9-10-23(4,5)17-8-11-26-13-24(6,19(27)12-18(26)25(17,20)7)21(32-15(2)29)22(26)33-16(3)30/h17-22H,8-13H2,1-7H3/t17?,18?,19-,20+,21-,22-,24-,25-,26+/m1/s1. The van der Waals surface area contributed by atoms with Crippen molar-refractivity contribution in [3.63, 3.8) is 0 Å². The average molecular weight is 483 g/mol. The van der Waals surface area contributed by atoms with Gasteiger partial charge in [0.1, 0.15) is 18.3 Å². The molecule has 0 aromatic carbocycles. The van der Waals surface area contributed by atoms with Crippen LogP contribution in [0.1, 0.15) is 87.0 Å². The molecule has 4 fully saturated rings. The summed E-state index contributed by atoms with van der Waals surface area (Å²) >= 11 is 7.13. The van der Waals surface area contributed by atoms with Gasteiger partial charge >= 0.3 is 17.9 Å². The van der Waals surface area contributed by atoms with Crippen LogP contribution in [0.5, 0.6) is 0 Å². The zero-order valence-electron chi connectivity index (χ0n) is 21.0. The number of halogens is 1. The summed E-state index contributed by atoms with van der Waals surface area (Å²) in [5.74, 6) is -0.603. The van der Waals surface area contributed by atoms with Crippen molar-refractivity contribution in [3.05, 3.63) is 0 Å². The minimum absolute atomic E-state index is 0.0770. The lowest BCUT2D eigenvalue weighted by atomic mass is 9.39. The number of ether oxygens (including phenoxy) is 3. The van der Waals surface area contributed by atoms with E-state index in [0.717, 1.165) is 32.1 Å². The third-order valence-corrected chi connectivity index (χ3v) is 10.7. The van der Waals surface area contributed by atoms with E-state index in [1.54, 1.807) is 0 Å². The van der Waals surface area contributed by atoms with Crippen LogP contribution in [0.25, 0.3) is 0 Å². The Hall–Kier alpha value is -1.30. The van der Waals surface area contributed by atoms with Gasteiger partial charge in [-0.25, -0.2) is 0 Å². The fraction of sp³-hybridized carbons (Fsp3) is 0.885. The number of fused-ring (bicyclic) bond motifs is 3. The smallest absolute Gasteiger partial charge is 0.303 e. The van der Waals surface area contributed by atoms with Crippen molar-refractivity contribution in [1.29, 1.82) is 0 Å². The molecular formula is C26H39ClO6. The van der Waals surface area contributed by atoms with Crippen molar-refractivity contribution in [2.45, 2.75) is 111 Å². The first-order chi connectivity index (χ1) is 15.2. The van der Waals surface area contributed by atoms with Gasteiger partial charge in [-0.05, 0) is 55.8 Å². The van der Waals surface area contributed by atoms with Crippen LogP contribution in [0.15, 0.2) is 0 Å². The van der Waals surface area contributed by atoms with Gasteiger partial charge in [0.2, 0.25) is 0 Å². The van der Waals surface area contributed by atoms with Crippen molar-refractivity contribution in [2.75, 3.05) is 0 Å². The molecule has 9 atom stereocenters.